The van der Waals surface area contributed by atoms with Crippen molar-refractivity contribution in [3.63, 3.8) is 0 Å². The number of likely N-dealkylation sites (tertiary alicyclic amines) is 1. The Morgan fingerprint density at radius 1 is 1.29 bits per heavy atom. The summed E-state index contributed by atoms with van der Waals surface area (Å²) >= 11 is 0. The molecule has 2 N–H and O–H groups in total. The molecule has 0 bridgehead atoms. The lowest BCUT2D eigenvalue weighted by Gasteiger charge is -2.27. The molecule has 1 fully saturated rings. The molecule has 21 heavy (non-hydrogen) atoms. The van der Waals surface area contributed by atoms with Crippen LogP contribution in [0.15, 0.2) is 5.16 Å². The summed E-state index contributed by atoms with van der Waals surface area (Å²) in [5.41, 5.74) is 5.24. The van der Waals surface area contributed by atoms with Crippen molar-refractivity contribution >= 4 is 11.8 Å². The standard InChI is InChI=1S/C15H29N3O3/c1-14(2,3)13(16)17-21-12(19)11-8-7-9-18(11)10-20-15(4,5)6/h11H,7-10H2,1-6H3,(H2,16,17)/t11-/m0/s1. The van der Waals surface area contributed by atoms with Crippen molar-refractivity contribution in [3.05, 3.63) is 0 Å². The van der Waals surface area contributed by atoms with Crippen molar-refractivity contribution in [3.8, 4) is 0 Å². The minimum Gasteiger partial charge on any atom is -0.384 e. The monoisotopic (exact) mass is 299 g/mol. The normalized spacial score (nSPS) is 21.6. The fraction of sp³-hybridized carbons (Fsp3) is 0.867. The van der Waals surface area contributed by atoms with E-state index in [-0.39, 0.29) is 23.0 Å². The highest BCUT2D eigenvalue weighted by Gasteiger charge is 2.33. The maximum atomic E-state index is 12.1. The predicted octanol–water partition coefficient (Wildman–Crippen LogP) is 2.08. The average Bonchev–Trinajstić information content (AvgIpc) is 2.79. The quantitative estimate of drug-likeness (QED) is 0.372. The van der Waals surface area contributed by atoms with E-state index in [9.17, 15) is 4.79 Å². The first-order valence-electron chi connectivity index (χ1n) is 7.43. The van der Waals surface area contributed by atoms with E-state index in [4.69, 9.17) is 15.3 Å². The molecule has 0 aromatic carbocycles. The molecule has 0 aliphatic carbocycles. The van der Waals surface area contributed by atoms with Crippen molar-refractivity contribution in [1.29, 1.82) is 0 Å². The maximum absolute atomic E-state index is 12.1. The largest absolute Gasteiger partial charge is 0.384 e. The molecule has 1 aliphatic rings. The van der Waals surface area contributed by atoms with Crippen LogP contribution in [0.3, 0.4) is 0 Å². The molecule has 122 valence electrons. The number of oxime groups is 1. The highest BCUT2D eigenvalue weighted by atomic mass is 16.7. The number of carbonyl (C=O) groups excluding carboxylic acids is 1. The Labute approximate surface area is 127 Å². The van der Waals surface area contributed by atoms with Gasteiger partial charge in [0.1, 0.15) is 18.6 Å². The molecule has 1 atom stereocenters. The molecule has 6 nitrogen and oxygen atoms in total. The van der Waals surface area contributed by atoms with Gasteiger partial charge in [0, 0.05) is 12.0 Å². The molecular formula is C15H29N3O3. The topological polar surface area (TPSA) is 77.1 Å². The van der Waals surface area contributed by atoms with E-state index < -0.39 is 0 Å². The second-order valence-corrected chi connectivity index (χ2v) is 7.49. The van der Waals surface area contributed by atoms with Crippen molar-refractivity contribution in [2.75, 3.05) is 13.3 Å². The van der Waals surface area contributed by atoms with Crippen LogP contribution in [0.25, 0.3) is 0 Å². The van der Waals surface area contributed by atoms with Gasteiger partial charge in [0.05, 0.1) is 5.60 Å². The second-order valence-electron chi connectivity index (χ2n) is 7.49. The third-order valence-electron chi connectivity index (χ3n) is 3.30. The summed E-state index contributed by atoms with van der Waals surface area (Å²) in [7, 11) is 0. The highest BCUT2D eigenvalue weighted by Crippen LogP contribution is 2.20. The minimum atomic E-state index is -0.364. The van der Waals surface area contributed by atoms with Gasteiger partial charge < -0.3 is 15.3 Å². The van der Waals surface area contributed by atoms with E-state index in [1.54, 1.807) is 0 Å². The Bertz CT molecular complexity index is 394. The lowest BCUT2D eigenvalue weighted by atomic mass is 9.96. The zero-order valence-electron chi connectivity index (χ0n) is 14.1. The molecule has 0 amide bonds. The van der Waals surface area contributed by atoms with Gasteiger partial charge in [0.2, 0.25) is 0 Å². The molecule has 0 aromatic rings. The SMILES string of the molecule is CC(C)(C)OCN1CCC[C@H]1C(=O)O/N=C(\N)C(C)(C)C. The van der Waals surface area contributed by atoms with Crippen LogP contribution < -0.4 is 5.73 Å². The van der Waals surface area contributed by atoms with E-state index in [0.29, 0.717) is 12.6 Å². The summed E-state index contributed by atoms with van der Waals surface area (Å²) in [6, 6.07) is -0.302. The number of ether oxygens (including phenoxy) is 1. The molecule has 6 heteroatoms. The zero-order valence-corrected chi connectivity index (χ0v) is 14.1. The van der Waals surface area contributed by atoms with Gasteiger partial charge in [0.25, 0.3) is 0 Å². The number of nitrogens with two attached hydrogens (primary N) is 1. The zero-order chi connectivity index (χ0) is 16.3. The highest BCUT2D eigenvalue weighted by molar-refractivity contribution is 5.86. The van der Waals surface area contributed by atoms with Gasteiger partial charge in [-0.15, -0.1) is 0 Å². The van der Waals surface area contributed by atoms with Gasteiger partial charge in [0.15, 0.2) is 0 Å². The van der Waals surface area contributed by atoms with E-state index >= 15 is 0 Å². The fourth-order valence-corrected chi connectivity index (χ4v) is 1.82. The summed E-state index contributed by atoms with van der Waals surface area (Å²) in [6.07, 6.45) is 1.71. The Balaban J connectivity index is 2.56. The first-order valence-corrected chi connectivity index (χ1v) is 7.43. The molecule has 0 spiro atoms. The third-order valence-corrected chi connectivity index (χ3v) is 3.30. The Kier molecular flexibility index (Phi) is 5.75. The van der Waals surface area contributed by atoms with E-state index in [1.165, 1.54) is 0 Å². The lowest BCUT2D eigenvalue weighted by molar-refractivity contribution is -0.153. The fourth-order valence-electron chi connectivity index (χ4n) is 1.82. The summed E-state index contributed by atoms with van der Waals surface area (Å²) in [6.45, 7) is 13.0. The third kappa shape index (κ3) is 6.01. The Morgan fingerprint density at radius 2 is 1.90 bits per heavy atom. The van der Waals surface area contributed by atoms with E-state index in [1.807, 2.05) is 46.4 Å². The van der Waals surface area contributed by atoms with Crippen molar-refractivity contribution < 1.29 is 14.4 Å². The van der Waals surface area contributed by atoms with Crippen LogP contribution in [0.4, 0.5) is 0 Å². The molecule has 1 heterocycles. The Morgan fingerprint density at radius 3 is 2.43 bits per heavy atom. The van der Waals surface area contributed by atoms with Crippen LogP contribution >= 0.6 is 0 Å². The molecule has 0 radical (unpaired) electrons. The number of hydrogen-bond donors (Lipinski definition) is 1. The van der Waals surface area contributed by atoms with Crippen LogP contribution in [0.1, 0.15) is 54.4 Å². The molecule has 0 saturated carbocycles. The smallest absolute Gasteiger partial charge is 0.352 e. The van der Waals surface area contributed by atoms with Crippen LogP contribution in [-0.4, -0.2) is 41.6 Å². The van der Waals surface area contributed by atoms with Crippen LogP contribution in [-0.2, 0) is 14.4 Å². The average molecular weight is 299 g/mol. The van der Waals surface area contributed by atoms with Crippen molar-refractivity contribution in [2.24, 2.45) is 16.3 Å². The molecule has 1 saturated heterocycles. The predicted molar refractivity (Wildman–Crippen MR) is 82.6 cm³/mol. The first kappa shape index (κ1) is 17.9. The molecule has 1 aliphatic heterocycles. The number of nitrogens with zero attached hydrogens (tertiary/aromatic N) is 2. The minimum absolute atomic E-state index is 0.230. The maximum Gasteiger partial charge on any atom is 0.352 e. The van der Waals surface area contributed by atoms with Crippen molar-refractivity contribution in [1.82, 2.24) is 4.90 Å². The number of carbonyl (C=O) groups is 1. The summed E-state index contributed by atoms with van der Waals surface area (Å²) < 4.78 is 5.73. The van der Waals surface area contributed by atoms with E-state index in [0.717, 1.165) is 19.4 Å². The number of rotatable bonds is 4. The molecule has 0 unspecified atom stereocenters. The van der Waals surface area contributed by atoms with Gasteiger partial charge in [-0.05, 0) is 33.6 Å². The van der Waals surface area contributed by atoms with Gasteiger partial charge in [-0.25, -0.2) is 4.79 Å². The lowest BCUT2D eigenvalue weighted by Crippen LogP contribution is -2.40. The number of amidine groups is 1. The molecular weight excluding hydrogens is 270 g/mol. The summed E-state index contributed by atoms with van der Waals surface area (Å²) in [5.74, 6) is -0.0523. The molecule has 1 rings (SSSR count). The second kappa shape index (κ2) is 6.75. The van der Waals surface area contributed by atoms with Crippen molar-refractivity contribution in [2.45, 2.75) is 66.0 Å². The van der Waals surface area contributed by atoms with Gasteiger partial charge in [-0.2, -0.15) is 0 Å². The van der Waals surface area contributed by atoms with Crippen LogP contribution in [0.2, 0.25) is 0 Å². The van der Waals surface area contributed by atoms with Gasteiger partial charge in [-0.1, -0.05) is 25.9 Å². The van der Waals surface area contributed by atoms with Gasteiger partial charge in [-0.3, -0.25) is 4.90 Å². The first-order chi connectivity index (χ1) is 9.50. The number of hydrogen-bond acceptors (Lipinski definition) is 5. The molecule has 0 aromatic heterocycles. The van der Waals surface area contributed by atoms with Crippen LogP contribution in [0.5, 0.6) is 0 Å². The summed E-state index contributed by atoms with van der Waals surface area (Å²) in [5, 5.41) is 3.76. The summed E-state index contributed by atoms with van der Waals surface area (Å²) in [4.78, 5) is 19.1. The van der Waals surface area contributed by atoms with Crippen LogP contribution in [0, 0.1) is 5.41 Å². The Hall–Kier alpha value is -1.14. The van der Waals surface area contributed by atoms with E-state index in [2.05, 4.69) is 5.16 Å². The van der Waals surface area contributed by atoms with Gasteiger partial charge >= 0.3 is 5.97 Å².